The number of nitrogens with zero attached hydrogens (tertiary/aromatic N) is 2. The Balaban J connectivity index is 0.000000149. The molecule has 0 radical (unpaired) electrons. The van der Waals surface area contributed by atoms with Gasteiger partial charge >= 0.3 is 0 Å². The highest BCUT2D eigenvalue weighted by Gasteiger charge is 2.19. The largest absolute Gasteiger partial charge is 0.370 e. The summed E-state index contributed by atoms with van der Waals surface area (Å²) in [5.74, 6) is 0. The molecule has 0 unspecified atom stereocenters. The Morgan fingerprint density at radius 3 is 2.50 bits per heavy atom. The van der Waals surface area contributed by atoms with E-state index >= 15 is 0 Å². The van der Waals surface area contributed by atoms with Gasteiger partial charge in [0, 0.05) is 12.6 Å². The van der Waals surface area contributed by atoms with E-state index in [2.05, 4.69) is 34.4 Å². The standard InChI is InChI=1S/C9H18N2.C5H10N2/c1-2-7-11(6-1)8-9-4-3-5-10-9;1-5(2)3-6-4-7-5/h9-10H,1-8H2;4H,3H2,1-2H3,(H,6,7)/t9-;/m0./s1. The van der Waals surface area contributed by atoms with Crippen LogP contribution in [-0.2, 0) is 0 Å². The molecule has 0 spiro atoms. The maximum Gasteiger partial charge on any atom is 0.0829 e. The highest BCUT2D eigenvalue weighted by Crippen LogP contribution is 2.12. The second kappa shape index (κ2) is 6.53. The Morgan fingerprint density at radius 1 is 1.28 bits per heavy atom. The van der Waals surface area contributed by atoms with Crippen LogP contribution in [0.4, 0.5) is 0 Å². The lowest BCUT2D eigenvalue weighted by atomic mass is 10.1. The van der Waals surface area contributed by atoms with Crippen LogP contribution in [0.2, 0.25) is 0 Å². The van der Waals surface area contributed by atoms with E-state index in [0.29, 0.717) is 0 Å². The molecular weight excluding hydrogens is 224 g/mol. The lowest BCUT2D eigenvalue weighted by molar-refractivity contribution is 0.303. The average Bonchev–Trinajstić information content (AvgIpc) is 3.02. The minimum Gasteiger partial charge on any atom is -0.370 e. The maximum absolute atomic E-state index is 4.00. The zero-order valence-corrected chi connectivity index (χ0v) is 11.9. The molecule has 4 nitrogen and oxygen atoms in total. The topological polar surface area (TPSA) is 39.7 Å². The molecule has 1 atom stereocenters. The Labute approximate surface area is 111 Å². The number of nitrogens with one attached hydrogen (secondary N) is 2. The Bertz CT molecular complexity index is 239. The molecule has 4 heteroatoms. The molecule has 2 N–H and O–H groups in total. The van der Waals surface area contributed by atoms with Gasteiger partial charge in [-0.05, 0) is 59.2 Å². The van der Waals surface area contributed by atoms with E-state index in [-0.39, 0.29) is 5.54 Å². The van der Waals surface area contributed by atoms with Gasteiger partial charge in [-0.1, -0.05) is 0 Å². The van der Waals surface area contributed by atoms with E-state index in [1.165, 1.54) is 51.9 Å². The van der Waals surface area contributed by atoms with Crippen molar-refractivity contribution in [1.29, 1.82) is 0 Å². The summed E-state index contributed by atoms with van der Waals surface area (Å²) in [6.07, 6.45) is 7.40. The predicted molar refractivity (Wildman–Crippen MR) is 77.3 cm³/mol. The molecule has 0 amide bonds. The molecule has 3 aliphatic heterocycles. The van der Waals surface area contributed by atoms with E-state index in [0.717, 1.165) is 12.6 Å². The monoisotopic (exact) mass is 252 g/mol. The van der Waals surface area contributed by atoms with Gasteiger partial charge in [-0.15, -0.1) is 0 Å². The highest BCUT2D eigenvalue weighted by molar-refractivity contribution is 5.58. The molecular formula is C14H28N4. The van der Waals surface area contributed by atoms with Crippen molar-refractivity contribution in [2.75, 3.05) is 32.7 Å². The third kappa shape index (κ3) is 4.58. The quantitative estimate of drug-likeness (QED) is 0.776. The summed E-state index contributed by atoms with van der Waals surface area (Å²) in [5.41, 5.74) is 0.222. The molecule has 0 saturated carbocycles. The van der Waals surface area contributed by atoms with Gasteiger partial charge in [-0.3, -0.25) is 4.99 Å². The minimum atomic E-state index is 0.222. The Kier molecular flexibility index (Phi) is 5.01. The normalized spacial score (nSPS) is 30.0. The summed E-state index contributed by atoms with van der Waals surface area (Å²) in [7, 11) is 0. The lowest BCUT2D eigenvalue weighted by Gasteiger charge is -2.19. The van der Waals surface area contributed by atoms with Crippen LogP contribution in [0, 0.1) is 0 Å². The summed E-state index contributed by atoms with van der Waals surface area (Å²) >= 11 is 0. The minimum absolute atomic E-state index is 0.222. The molecule has 0 aliphatic carbocycles. The SMILES string of the molecule is C1CN[C@H](CN2CCCC2)C1.CC1(C)CN=CN1. The lowest BCUT2D eigenvalue weighted by Crippen LogP contribution is -2.35. The summed E-state index contributed by atoms with van der Waals surface area (Å²) in [6, 6.07) is 0.813. The molecule has 0 aromatic carbocycles. The van der Waals surface area contributed by atoms with Crippen LogP contribution >= 0.6 is 0 Å². The second-order valence-electron chi connectivity index (χ2n) is 6.30. The van der Waals surface area contributed by atoms with Crippen molar-refractivity contribution < 1.29 is 0 Å². The zero-order chi connectivity index (χ0) is 12.8. The molecule has 3 heterocycles. The Morgan fingerprint density at radius 2 is 2.06 bits per heavy atom. The van der Waals surface area contributed by atoms with Crippen LogP contribution in [0.3, 0.4) is 0 Å². The van der Waals surface area contributed by atoms with Gasteiger partial charge in [-0.2, -0.15) is 0 Å². The summed E-state index contributed by atoms with van der Waals surface area (Å²) < 4.78 is 0. The molecule has 3 rings (SSSR count). The van der Waals surface area contributed by atoms with Crippen molar-refractivity contribution in [2.45, 2.75) is 51.1 Å². The van der Waals surface area contributed by atoms with Crippen LogP contribution < -0.4 is 10.6 Å². The van der Waals surface area contributed by atoms with E-state index in [1.54, 1.807) is 6.34 Å². The predicted octanol–water partition coefficient (Wildman–Crippen LogP) is 1.23. The smallest absolute Gasteiger partial charge is 0.0829 e. The summed E-state index contributed by atoms with van der Waals surface area (Å²) in [6.45, 7) is 10.4. The maximum atomic E-state index is 4.00. The van der Waals surface area contributed by atoms with Crippen molar-refractivity contribution in [2.24, 2.45) is 4.99 Å². The fourth-order valence-corrected chi connectivity index (χ4v) is 2.73. The third-order valence-corrected chi connectivity index (χ3v) is 3.87. The number of rotatable bonds is 2. The van der Waals surface area contributed by atoms with Crippen molar-refractivity contribution in [1.82, 2.24) is 15.5 Å². The van der Waals surface area contributed by atoms with Gasteiger partial charge < -0.3 is 15.5 Å². The molecule has 2 fully saturated rings. The van der Waals surface area contributed by atoms with E-state index in [9.17, 15) is 0 Å². The van der Waals surface area contributed by atoms with Crippen LogP contribution in [0.25, 0.3) is 0 Å². The van der Waals surface area contributed by atoms with Crippen LogP contribution in [0.15, 0.2) is 4.99 Å². The second-order valence-corrected chi connectivity index (χ2v) is 6.30. The number of aliphatic imine (C=N–C) groups is 1. The molecule has 18 heavy (non-hydrogen) atoms. The van der Waals surface area contributed by atoms with Crippen LogP contribution in [-0.4, -0.2) is 55.5 Å². The summed E-state index contributed by atoms with van der Waals surface area (Å²) in [5, 5.41) is 6.65. The first-order valence-electron chi connectivity index (χ1n) is 7.37. The van der Waals surface area contributed by atoms with Gasteiger partial charge in [0.2, 0.25) is 0 Å². The van der Waals surface area contributed by atoms with Crippen molar-refractivity contribution >= 4 is 6.34 Å². The van der Waals surface area contributed by atoms with E-state index in [1.807, 2.05) is 0 Å². The summed E-state index contributed by atoms with van der Waals surface area (Å²) in [4.78, 5) is 6.60. The van der Waals surface area contributed by atoms with E-state index < -0.39 is 0 Å². The van der Waals surface area contributed by atoms with Crippen molar-refractivity contribution in [3.63, 3.8) is 0 Å². The number of likely N-dealkylation sites (tertiary alicyclic amines) is 1. The van der Waals surface area contributed by atoms with Crippen LogP contribution in [0.5, 0.6) is 0 Å². The molecule has 0 aromatic rings. The van der Waals surface area contributed by atoms with Crippen LogP contribution in [0.1, 0.15) is 39.5 Å². The fraction of sp³-hybridized carbons (Fsp3) is 0.929. The number of hydrogen-bond donors (Lipinski definition) is 2. The first-order chi connectivity index (χ1) is 8.66. The molecule has 2 saturated heterocycles. The molecule has 104 valence electrons. The first kappa shape index (κ1) is 13.8. The van der Waals surface area contributed by atoms with Crippen molar-refractivity contribution in [3.8, 4) is 0 Å². The Hall–Kier alpha value is -0.610. The number of hydrogen-bond acceptors (Lipinski definition) is 4. The molecule has 3 aliphatic rings. The highest BCUT2D eigenvalue weighted by atomic mass is 15.2. The van der Waals surface area contributed by atoms with Crippen molar-refractivity contribution in [3.05, 3.63) is 0 Å². The molecule has 0 bridgehead atoms. The van der Waals surface area contributed by atoms with Gasteiger partial charge in [0.25, 0.3) is 0 Å². The first-order valence-corrected chi connectivity index (χ1v) is 7.37. The van der Waals surface area contributed by atoms with Gasteiger partial charge in [0.05, 0.1) is 18.4 Å². The fourth-order valence-electron chi connectivity index (χ4n) is 2.73. The van der Waals surface area contributed by atoms with Gasteiger partial charge in [-0.25, -0.2) is 0 Å². The third-order valence-electron chi connectivity index (χ3n) is 3.87. The average molecular weight is 252 g/mol. The molecule has 0 aromatic heterocycles. The van der Waals surface area contributed by atoms with E-state index in [4.69, 9.17) is 0 Å². The van der Waals surface area contributed by atoms with Gasteiger partial charge in [0.1, 0.15) is 0 Å². The zero-order valence-electron chi connectivity index (χ0n) is 11.9. The van der Waals surface area contributed by atoms with Gasteiger partial charge in [0.15, 0.2) is 0 Å².